The quantitative estimate of drug-likeness (QED) is 0.486. The number of nitrogens with zero attached hydrogens (tertiary/aromatic N) is 4. The highest BCUT2D eigenvalue weighted by atomic mass is 16.1. The summed E-state index contributed by atoms with van der Waals surface area (Å²) in [6.45, 7) is 3.87. The van der Waals surface area contributed by atoms with Crippen molar-refractivity contribution in [3.8, 4) is 11.3 Å². The smallest absolute Gasteiger partial charge is 0.253 e. The zero-order valence-electron chi connectivity index (χ0n) is 19.4. The fourth-order valence-electron chi connectivity index (χ4n) is 5.90. The number of aromatic nitrogens is 3. The van der Waals surface area contributed by atoms with Gasteiger partial charge in [0.05, 0.1) is 17.0 Å². The number of nitrogens with one attached hydrogen (secondary N) is 1. The summed E-state index contributed by atoms with van der Waals surface area (Å²) in [6.07, 6.45) is 8.80. The molecule has 0 bridgehead atoms. The predicted molar refractivity (Wildman–Crippen MR) is 132 cm³/mol. The molecule has 4 heterocycles. The van der Waals surface area contributed by atoms with Gasteiger partial charge in [-0.3, -0.25) is 14.7 Å². The summed E-state index contributed by atoms with van der Waals surface area (Å²) in [4.78, 5) is 24.6. The minimum absolute atomic E-state index is 0.00607. The van der Waals surface area contributed by atoms with Crippen LogP contribution in [0.2, 0.25) is 0 Å². The van der Waals surface area contributed by atoms with E-state index >= 15 is 0 Å². The number of rotatable bonds is 5. The molecule has 0 radical (unpaired) electrons. The molecule has 0 spiro atoms. The van der Waals surface area contributed by atoms with E-state index in [1.807, 2.05) is 25.1 Å². The minimum Gasteiger partial charge on any atom is -0.349 e. The van der Waals surface area contributed by atoms with Crippen molar-refractivity contribution in [1.82, 2.24) is 24.6 Å². The molecule has 0 unspecified atom stereocenters. The van der Waals surface area contributed by atoms with Crippen molar-refractivity contribution in [1.29, 1.82) is 0 Å². The molecule has 2 fully saturated rings. The monoisotopic (exact) mass is 451 g/mol. The molecular formula is C28H29N5O. The number of imidazole rings is 1. The van der Waals surface area contributed by atoms with E-state index in [0.717, 1.165) is 54.8 Å². The van der Waals surface area contributed by atoms with E-state index in [-0.39, 0.29) is 11.9 Å². The molecule has 6 heteroatoms. The number of carbonyl (C=O) groups is 1. The molecule has 6 rings (SSSR count). The third kappa shape index (κ3) is 3.78. The summed E-state index contributed by atoms with van der Waals surface area (Å²) < 4.78 is 2.23. The Hall–Kier alpha value is -3.51. The Balaban J connectivity index is 1.22. The average molecular weight is 452 g/mol. The van der Waals surface area contributed by atoms with E-state index < -0.39 is 0 Å². The van der Waals surface area contributed by atoms with Crippen LogP contribution in [0.15, 0.2) is 73.2 Å². The highest BCUT2D eigenvalue weighted by molar-refractivity contribution is 5.94. The second-order valence-corrected chi connectivity index (χ2v) is 9.60. The molecule has 1 aliphatic carbocycles. The van der Waals surface area contributed by atoms with Gasteiger partial charge in [0.2, 0.25) is 0 Å². The maximum atomic E-state index is 12.9. The van der Waals surface area contributed by atoms with Crippen molar-refractivity contribution >= 4 is 11.6 Å². The molecule has 2 aliphatic rings. The molecule has 1 saturated heterocycles. The van der Waals surface area contributed by atoms with Gasteiger partial charge in [0, 0.05) is 42.8 Å². The Morgan fingerprint density at radius 1 is 1.06 bits per heavy atom. The minimum atomic E-state index is -0.00607. The van der Waals surface area contributed by atoms with Gasteiger partial charge in [0.15, 0.2) is 0 Å². The summed E-state index contributed by atoms with van der Waals surface area (Å²) in [6, 6.07) is 19.3. The van der Waals surface area contributed by atoms with Crippen molar-refractivity contribution in [2.45, 2.75) is 44.8 Å². The van der Waals surface area contributed by atoms with Gasteiger partial charge in [-0.2, -0.15) is 0 Å². The molecule has 34 heavy (non-hydrogen) atoms. The van der Waals surface area contributed by atoms with Gasteiger partial charge in [-0.15, -0.1) is 0 Å². The third-order valence-corrected chi connectivity index (χ3v) is 7.49. The largest absolute Gasteiger partial charge is 0.349 e. The fraction of sp³-hybridized carbons (Fsp3) is 0.321. The molecule has 6 nitrogen and oxygen atoms in total. The third-order valence-electron chi connectivity index (χ3n) is 7.49. The van der Waals surface area contributed by atoms with E-state index in [2.05, 4.69) is 62.2 Å². The Morgan fingerprint density at radius 3 is 2.76 bits per heavy atom. The Labute approximate surface area is 199 Å². The van der Waals surface area contributed by atoms with Crippen LogP contribution in [0.5, 0.6) is 0 Å². The van der Waals surface area contributed by atoms with E-state index in [1.54, 1.807) is 12.4 Å². The van der Waals surface area contributed by atoms with Crippen molar-refractivity contribution < 1.29 is 4.79 Å². The van der Waals surface area contributed by atoms with Crippen molar-refractivity contribution in [2.24, 2.45) is 5.92 Å². The van der Waals surface area contributed by atoms with Gasteiger partial charge < -0.3 is 9.72 Å². The first-order chi connectivity index (χ1) is 16.7. The first-order valence-corrected chi connectivity index (χ1v) is 12.2. The molecule has 1 saturated carbocycles. The lowest BCUT2D eigenvalue weighted by Gasteiger charge is -2.25. The first-order valence-electron chi connectivity index (χ1n) is 12.2. The van der Waals surface area contributed by atoms with Crippen LogP contribution >= 0.6 is 0 Å². The number of carbonyl (C=O) groups excluding carboxylic acids is 1. The van der Waals surface area contributed by atoms with Crippen molar-refractivity contribution in [3.05, 3.63) is 90.0 Å². The highest BCUT2D eigenvalue weighted by Gasteiger charge is 2.44. The van der Waals surface area contributed by atoms with E-state index in [9.17, 15) is 4.79 Å². The maximum absolute atomic E-state index is 12.9. The average Bonchev–Trinajstić information content (AvgIpc) is 3.55. The SMILES string of the molecule is Cc1cncc(C(=O)N[C@H]2CC[C@@H]3[C@H]2CCN3Cc2c(-c3ccccc3)nc3ccccn23)c1. The molecule has 172 valence electrons. The zero-order chi connectivity index (χ0) is 23.1. The van der Waals surface area contributed by atoms with Crippen molar-refractivity contribution in [3.63, 3.8) is 0 Å². The second kappa shape index (κ2) is 8.69. The lowest BCUT2D eigenvalue weighted by Crippen LogP contribution is -2.39. The zero-order valence-corrected chi connectivity index (χ0v) is 19.4. The van der Waals surface area contributed by atoms with Crippen molar-refractivity contribution in [2.75, 3.05) is 6.54 Å². The Bertz CT molecular complexity index is 1330. The lowest BCUT2D eigenvalue weighted by atomic mass is 9.99. The number of hydrogen-bond donors (Lipinski definition) is 1. The fourth-order valence-corrected chi connectivity index (χ4v) is 5.90. The molecule has 1 aliphatic heterocycles. The number of amides is 1. The van der Waals surface area contributed by atoms with Gasteiger partial charge >= 0.3 is 0 Å². The Morgan fingerprint density at radius 2 is 1.91 bits per heavy atom. The van der Waals surface area contributed by atoms with Crippen LogP contribution < -0.4 is 5.32 Å². The molecule has 3 atom stereocenters. The van der Waals surface area contributed by atoms with Gasteiger partial charge in [-0.1, -0.05) is 36.4 Å². The van der Waals surface area contributed by atoms with Gasteiger partial charge in [-0.25, -0.2) is 4.98 Å². The van der Waals surface area contributed by atoms with Crippen LogP contribution in [0, 0.1) is 12.8 Å². The molecule has 1 N–H and O–H groups in total. The van der Waals surface area contributed by atoms with E-state index in [4.69, 9.17) is 4.98 Å². The number of hydrogen-bond acceptors (Lipinski definition) is 4. The van der Waals surface area contributed by atoms with E-state index in [1.165, 1.54) is 5.69 Å². The molecule has 3 aromatic heterocycles. The molecular weight excluding hydrogens is 422 g/mol. The van der Waals surface area contributed by atoms with Crippen LogP contribution in [-0.4, -0.2) is 43.8 Å². The topological polar surface area (TPSA) is 62.5 Å². The predicted octanol–water partition coefficient (Wildman–Crippen LogP) is 4.49. The first kappa shape index (κ1) is 21.1. The lowest BCUT2D eigenvalue weighted by molar-refractivity contribution is 0.0926. The standard InChI is InChI=1S/C28H29N5O/c1-19-15-21(17-29-16-19)28(34)30-23-10-11-24-22(23)12-14-32(24)18-25-27(20-7-3-2-4-8-20)31-26-9-5-6-13-33(25)26/h2-9,13,15-17,22-24H,10-12,14,18H2,1H3,(H,30,34)/t22-,23-,24+/m0/s1. The van der Waals surface area contributed by atoms with Crippen LogP contribution in [0.3, 0.4) is 0 Å². The number of aryl methyl sites for hydroxylation is 1. The number of likely N-dealkylation sites (tertiary alicyclic amines) is 1. The molecule has 1 amide bonds. The highest BCUT2D eigenvalue weighted by Crippen LogP contribution is 2.40. The van der Waals surface area contributed by atoms with Crippen LogP contribution in [0.4, 0.5) is 0 Å². The normalized spacial score (nSPS) is 22.2. The molecule has 1 aromatic carbocycles. The summed E-state index contributed by atoms with van der Waals surface area (Å²) in [5.41, 5.74) is 6.09. The second-order valence-electron chi connectivity index (χ2n) is 9.60. The summed E-state index contributed by atoms with van der Waals surface area (Å²) in [5.74, 6) is 0.481. The van der Waals surface area contributed by atoms with Gasteiger partial charge in [-0.05, 0) is 62.4 Å². The molecule has 4 aromatic rings. The summed E-state index contributed by atoms with van der Waals surface area (Å²) in [7, 11) is 0. The van der Waals surface area contributed by atoms with Gasteiger partial charge in [0.25, 0.3) is 5.91 Å². The summed E-state index contributed by atoms with van der Waals surface area (Å²) >= 11 is 0. The van der Waals surface area contributed by atoms with Gasteiger partial charge in [0.1, 0.15) is 5.65 Å². The number of benzene rings is 1. The number of fused-ring (bicyclic) bond motifs is 2. The van der Waals surface area contributed by atoms with Crippen LogP contribution in [0.25, 0.3) is 16.9 Å². The van der Waals surface area contributed by atoms with E-state index in [0.29, 0.717) is 17.5 Å². The van der Waals surface area contributed by atoms with Crippen LogP contribution in [-0.2, 0) is 6.54 Å². The number of pyridine rings is 2. The Kier molecular flexibility index (Phi) is 5.38. The van der Waals surface area contributed by atoms with Crippen LogP contribution in [0.1, 0.15) is 40.9 Å². The summed E-state index contributed by atoms with van der Waals surface area (Å²) in [5, 5.41) is 3.32. The maximum Gasteiger partial charge on any atom is 0.253 e.